The molecule has 206 valence electrons. The molecular weight excluding hydrogens is 516 g/mol. The maximum absolute atomic E-state index is 14.1. The first-order valence-corrected chi connectivity index (χ1v) is 12.6. The van der Waals surface area contributed by atoms with Crippen molar-refractivity contribution in [2.45, 2.75) is 51.8 Å². The highest BCUT2D eigenvalue weighted by atomic mass is 19.4. The molecule has 3 aromatic rings. The number of hydrogen-bond acceptors (Lipinski definition) is 5. The fraction of sp³-hybridized carbons (Fsp3) is 0.429. The number of alkyl halides is 3. The van der Waals surface area contributed by atoms with Crippen LogP contribution in [0.2, 0.25) is 0 Å². The molecule has 1 aliphatic carbocycles. The molecule has 2 aliphatic rings. The van der Waals surface area contributed by atoms with Crippen LogP contribution >= 0.6 is 0 Å². The molecule has 5 rings (SSSR count). The number of carbonyl (C=O) groups excluding carboxylic acids is 2. The van der Waals surface area contributed by atoms with Crippen molar-refractivity contribution in [3.8, 4) is 5.69 Å². The van der Waals surface area contributed by atoms with Gasteiger partial charge >= 0.3 is 12.3 Å². The first-order chi connectivity index (χ1) is 18.3. The van der Waals surface area contributed by atoms with E-state index < -0.39 is 34.6 Å². The summed E-state index contributed by atoms with van der Waals surface area (Å²) in [5.41, 5.74) is -1.01. The molecule has 0 saturated carbocycles. The smallest absolute Gasteiger partial charge is 0.416 e. The minimum absolute atomic E-state index is 0.0233. The van der Waals surface area contributed by atoms with Crippen molar-refractivity contribution in [2.75, 3.05) is 13.1 Å². The van der Waals surface area contributed by atoms with Gasteiger partial charge in [-0.15, -0.1) is 0 Å². The molecule has 2 aromatic heterocycles. The van der Waals surface area contributed by atoms with Gasteiger partial charge in [0.15, 0.2) is 5.78 Å². The summed E-state index contributed by atoms with van der Waals surface area (Å²) < 4.78 is 61.2. The lowest BCUT2D eigenvalue weighted by molar-refractivity contribution is -0.137. The highest BCUT2D eigenvalue weighted by molar-refractivity contribution is 6.00. The molecule has 0 spiro atoms. The molecule has 1 aromatic carbocycles. The zero-order valence-corrected chi connectivity index (χ0v) is 21.8. The number of halogens is 4. The monoisotopic (exact) mass is 544 g/mol. The highest BCUT2D eigenvalue weighted by Gasteiger charge is 2.54. The third-order valence-corrected chi connectivity index (χ3v) is 7.40. The second-order valence-electron chi connectivity index (χ2n) is 11.2. The molecule has 0 bridgehead atoms. The minimum Gasteiger partial charge on any atom is -0.444 e. The van der Waals surface area contributed by atoms with Gasteiger partial charge in [-0.2, -0.15) is 18.3 Å². The standard InChI is InChI=1S/C28H28F4N4O3/c1-26(2,3)39-25(38)35-11-9-18-13-23-17(15-34-36(23)21-6-4-20(29)5-7-21)14-27(18,16-35)24(37)22-12-19(8-10-33-22)28(30,31)32/h4-8,10,12,15,18H,9,11,13-14,16H2,1-3H3/t18?,27-/m0/s1. The maximum Gasteiger partial charge on any atom is 0.416 e. The topological polar surface area (TPSA) is 77.3 Å². The zero-order valence-electron chi connectivity index (χ0n) is 21.8. The van der Waals surface area contributed by atoms with Crippen molar-refractivity contribution in [3.63, 3.8) is 0 Å². The van der Waals surface area contributed by atoms with Crippen LogP contribution in [0.25, 0.3) is 5.69 Å². The number of nitrogens with zero attached hydrogens (tertiary/aromatic N) is 4. The number of likely N-dealkylation sites (tertiary alicyclic amines) is 1. The second kappa shape index (κ2) is 9.46. The lowest BCUT2D eigenvalue weighted by Crippen LogP contribution is -2.58. The van der Waals surface area contributed by atoms with Crippen molar-refractivity contribution in [2.24, 2.45) is 11.3 Å². The number of carbonyl (C=O) groups is 2. The summed E-state index contributed by atoms with van der Waals surface area (Å²) >= 11 is 0. The summed E-state index contributed by atoms with van der Waals surface area (Å²) in [5, 5.41) is 4.48. The molecule has 1 saturated heterocycles. The van der Waals surface area contributed by atoms with Crippen LogP contribution in [0, 0.1) is 17.2 Å². The lowest BCUT2D eigenvalue weighted by Gasteiger charge is -2.49. The summed E-state index contributed by atoms with van der Waals surface area (Å²) in [5.74, 6) is -1.23. The number of benzene rings is 1. The third kappa shape index (κ3) is 5.14. The van der Waals surface area contributed by atoms with Crippen molar-refractivity contribution < 1.29 is 31.9 Å². The number of aromatic nitrogens is 3. The molecule has 39 heavy (non-hydrogen) atoms. The molecule has 2 atom stereocenters. The highest BCUT2D eigenvalue weighted by Crippen LogP contribution is 2.48. The quantitative estimate of drug-likeness (QED) is 0.315. The Morgan fingerprint density at radius 2 is 1.82 bits per heavy atom. The van der Waals surface area contributed by atoms with Gasteiger partial charge in [0, 0.05) is 25.0 Å². The normalized spacial score (nSPS) is 21.2. The predicted molar refractivity (Wildman–Crippen MR) is 133 cm³/mol. The number of ketones is 1. The number of pyridine rings is 1. The van der Waals surface area contributed by atoms with E-state index in [4.69, 9.17) is 4.74 Å². The van der Waals surface area contributed by atoms with Crippen LogP contribution < -0.4 is 0 Å². The molecule has 1 aliphatic heterocycles. The number of Topliss-reactive ketones (excluding diaryl/α,β-unsaturated/α-hetero) is 1. The Labute approximate surface area is 222 Å². The molecule has 3 heterocycles. The number of fused-ring (bicyclic) bond motifs is 2. The summed E-state index contributed by atoms with van der Waals surface area (Å²) in [6.45, 7) is 5.51. The second-order valence-corrected chi connectivity index (χ2v) is 11.2. The summed E-state index contributed by atoms with van der Waals surface area (Å²) in [7, 11) is 0. The average molecular weight is 545 g/mol. The zero-order chi connectivity index (χ0) is 28.2. The molecule has 1 fully saturated rings. The van der Waals surface area contributed by atoms with Crippen molar-refractivity contribution in [1.82, 2.24) is 19.7 Å². The van der Waals surface area contributed by atoms with Gasteiger partial charge in [-0.1, -0.05) is 0 Å². The Morgan fingerprint density at radius 1 is 1.10 bits per heavy atom. The van der Waals surface area contributed by atoms with E-state index in [-0.39, 0.29) is 30.4 Å². The summed E-state index contributed by atoms with van der Waals surface area (Å²) in [6.07, 6.45) is -1.63. The van der Waals surface area contributed by atoms with E-state index in [1.54, 1.807) is 43.8 Å². The average Bonchev–Trinajstić information content (AvgIpc) is 3.27. The van der Waals surface area contributed by atoms with E-state index in [2.05, 4.69) is 10.1 Å². The Kier molecular flexibility index (Phi) is 6.51. The SMILES string of the molecule is CC(C)(C)OC(=O)N1CCC2Cc3c(cnn3-c3ccc(F)cc3)C[C@]2(C(=O)c2cc(C(F)(F)F)ccn2)C1. The Bertz CT molecular complexity index is 1410. The van der Waals surface area contributed by atoms with Crippen LogP contribution in [0.15, 0.2) is 48.8 Å². The first kappa shape index (κ1) is 26.8. The Morgan fingerprint density at radius 3 is 2.49 bits per heavy atom. The van der Waals surface area contributed by atoms with Crippen molar-refractivity contribution in [3.05, 3.63) is 77.1 Å². The summed E-state index contributed by atoms with van der Waals surface area (Å²) in [6, 6.07) is 7.47. The van der Waals surface area contributed by atoms with E-state index >= 15 is 0 Å². The van der Waals surface area contributed by atoms with Crippen LogP contribution in [0.5, 0.6) is 0 Å². The predicted octanol–water partition coefficient (Wildman–Crippen LogP) is 5.65. The van der Waals surface area contributed by atoms with Gasteiger partial charge in [0.05, 0.1) is 22.9 Å². The Balaban J connectivity index is 1.56. The summed E-state index contributed by atoms with van der Waals surface area (Å²) in [4.78, 5) is 32.6. The number of amides is 1. The number of rotatable bonds is 3. The van der Waals surface area contributed by atoms with Gasteiger partial charge in [-0.3, -0.25) is 9.78 Å². The largest absolute Gasteiger partial charge is 0.444 e. The lowest BCUT2D eigenvalue weighted by atomic mass is 9.60. The van der Waals surface area contributed by atoms with E-state index in [1.807, 2.05) is 0 Å². The van der Waals surface area contributed by atoms with Gasteiger partial charge in [-0.25, -0.2) is 13.9 Å². The van der Waals surface area contributed by atoms with E-state index in [0.29, 0.717) is 25.1 Å². The molecule has 1 amide bonds. The van der Waals surface area contributed by atoms with Gasteiger partial charge < -0.3 is 9.64 Å². The first-order valence-electron chi connectivity index (χ1n) is 12.6. The molecule has 7 nitrogen and oxygen atoms in total. The molecule has 0 N–H and O–H groups in total. The van der Waals surface area contributed by atoms with E-state index in [9.17, 15) is 27.2 Å². The van der Waals surface area contributed by atoms with Crippen LogP contribution in [0.4, 0.5) is 22.4 Å². The van der Waals surface area contributed by atoms with Crippen LogP contribution in [0.1, 0.15) is 54.5 Å². The van der Waals surface area contributed by atoms with Crippen molar-refractivity contribution in [1.29, 1.82) is 0 Å². The number of hydrogen-bond donors (Lipinski definition) is 0. The third-order valence-electron chi connectivity index (χ3n) is 7.40. The molecular formula is C28H28F4N4O3. The fourth-order valence-corrected chi connectivity index (χ4v) is 5.59. The molecule has 0 radical (unpaired) electrons. The van der Waals surface area contributed by atoms with Crippen LogP contribution in [0.3, 0.4) is 0 Å². The van der Waals surface area contributed by atoms with Gasteiger partial charge in [0.1, 0.15) is 17.1 Å². The molecule has 11 heteroatoms. The number of piperidine rings is 1. The van der Waals surface area contributed by atoms with Crippen molar-refractivity contribution >= 4 is 11.9 Å². The number of ether oxygens (including phenoxy) is 1. The van der Waals surface area contributed by atoms with Gasteiger partial charge in [-0.05, 0) is 87.9 Å². The fourth-order valence-electron chi connectivity index (χ4n) is 5.59. The van der Waals surface area contributed by atoms with E-state index in [0.717, 1.165) is 29.6 Å². The Hall–Kier alpha value is -3.76. The van der Waals surface area contributed by atoms with Crippen LogP contribution in [-0.4, -0.2) is 50.2 Å². The molecule has 1 unspecified atom stereocenters. The maximum atomic E-state index is 14.1. The van der Waals surface area contributed by atoms with Crippen LogP contribution in [-0.2, 0) is 23.8 Å². The van der Waals surface area contributed by atoms with Gasteiger partial charge in [0.25, 0.3) is 0 Å². The van der Waals surface area contributed by atoms with Gasteiger partial charge in [0.2, 0.25) is 0 Å². The van der Waals surface area contributed by atoms with E-state index in [1.165, 1.54) is 17.0 Å². The minimum atomic E-state index is -4.64.